The molecule has 128 valence electrons. The van der Waals surface area contributed by atoms with Crippen LogP contribution in [0.1, 0.15) is 31.9 Å². The van der Waals surface area contributed by atoms with Gasteiger partial charge in [0.15, 0.2) is 0 Å². The van der Waals surface area contributed by atoms with Crippen molar-refractivity contribution in [3.8, 4) is 0 Å². The number of aliphatic hydroxyl groups is 1. The lowest BCUT2D eigenvalue weighted by Gasteiger charge is -2.19. The molecule has 0 radical (unpaired) electrons. The van der Waals surface area contributed by atoms with E-state index < -0.39 is 11.7 Å². The number of alkyl carbamates (subject to hydrolysis) is 1. The molecule has 4 N–H and O–H groups in total. The number of carbonyl (C=O) groups is 2. The fraction of sp³-hybridized carbons (Fsp3) is 0.500. The Bertz CT molecular complexity index is 509. The number of ether oxygens (including phenoxy) is 1. The minimum atomic E-state index is -0.541. The number of aliphatic hydroxyl groups excluding tert-OH is 1. The predicted octanol–water partition coefficient (Wildman–Crippen LogP) is 1.50. The van der Waals surface area contributed by atoms with Gasteiger partial charge in [0.05, 0.1) is 6.61 Å². The second-order valence-corrected chi connectivity index (χ2v) is 6.01. The van der Waals surface area contributed by atoms with Crippen LogP contribution in [0.5, 0.6) is 0 Å². The summed E-state index contributed by atoms with van der Waals surface area (Å²) >= 11 is 0. The van der Waals surface area contributed by atoms with E-state index in [2.05, 4.69) is 16.0 Å². The lowest BCUT2D eigenvalue weighted by Crippen LogP contribution is -2.41. The topological polar surface area (TPSA) is 99.7 Å². The molecule has 0 saturated carbocycles. The summed E-state index contributed by atoms with van der Waals surface area (Å²) in [4.78, 5) is 23.0. The molecule has 1 aromatic rings. The van der Waals surface area contributed by atoms with Gasteiger partial charge in [0.1, 0.15) is 5.60 Å². The highest BCUT2D eigenvalue weighted by atomic mass is 16.6. The van der Waals surface area contributed by atoms with E-state index in [0.717, 1.165) is 11.1 Å². The molecule has 0 fully saturated rings. The molecule has 0 aliphatic heterocycles. The second-order valence-electron chi connectivity index (χ2n) is 6.01. The predicted molar refractivity (Wildman–Crippen MR) is 86.8 cm³/mol. The Morgan fingerprint density at radius 1 is 1.00 bits per heavy atom. The maximum absolute atomic E-state index is 11.6. The quantitative estimate of drug-likeness (QED) is 0.596. The molecule has 0 aliphatic rings. The van der Waals surface area contributed by atoms with E-state index in [1.54, 1.807) is 32.9 Å². The van der Waals surface area contributed by atoms with Gasteiger partial charge in [-0.3, -0.25) is 0 Å². The van der Waals surface area contributed by atoms with Crippen molar-refractivity contribution in [1.82, 2.24) is 16.0 Å². The lowest BCUT2D eigenvalue weighted by molar-refractivity contribution is 0.0528. The zero-order valence-corrected chi connectivity index (χ0v) is 13.8. The monoisotopic (exact) mass is 323 g/mol. The number of benzene rings is 1. The number of hydrogen-bond donors (Lipinski definition) is 4. The van der Waals surface area contributed by atoms with Crippen LogP contribution in [0.15, 0.2) is 24.3 Å². The van der Waals surface area contributed by atoms with Crippen LogP contribution < -0.4 is 16.0 Å². The first kappa shape index (κ1) is 18.8. The van der Waals surface area contributed by atoms with Crippen molar-refractivity contribution in [3.05, 3.63) is 35.4 Å². The Hall–Kier alpha value is -2.28. The third kappa shape index (κ3) is 8.67. The molecule has 0 unspecified atom stereocenters. The van der Waals surface area contributed by atoms with Crippen molar-refractivity contribution in [2.45, 2.75) is 39.5 Å². The maximum atomic E-state index is 11.6. The summed E-state index contributed by atoms with van der Waals surface area (Å²) in [5, 5.41) is 16.8. The Labute approximate surface area is 136 Å². The number of rotatable bonds is 6. The Morgan fingerprint density at radius 3 is 2.13 bits per heavy atom. The Kier molecular flexibility index (Phi) is 7.34. The van der Waals surface area contributed by atoms with E-state index >= 15 is 0 Å². The molecule has 0 aliphatic carbocycles. The first-order valence-corrected chi connectivity index (χ1v) is 7.47. The van der Waals surface area contributed by atoms with E-state index in [9.17, 15) is 9.59 Å². The van der Waals surface area contributed by atoms with Crippen LogP contribution in [0.2, 0.25) is 0 Å². The highest BCUT2D eigenvalue weighted by Gasteiger charge is 2.15. The molecule has 1 aromatic carbocycles. The normalized spacial score (nSPS) is 10.8. The number of carbonyl (C=O) groups excluding carboxylic acids is 2. The highest BCUT2D eigenvalue weighted by Crippen LogP contribution is 2.06. The SMILES string of the molecule is CC(C)(C)OC(=O)NCCNC(=O)NCc1ccc(CO)cc1. The van der Waals surface area contributed by atoms with Crippen LogP contribution in [0.25, 0.3) is 0 Å². The molecule has 0 spiro atoms. The van der Waals surface area contributed by atoms with E-state index in [1.165, 1.54) is 0 Å². The van der Waals surface area contributed by atoms with Crippen molar-refractivity contribution in [2.24, 2.45) is 0 Å². The van der Waals surface area contributed by atoms with Gasteiger partial charge in [0.25, 0.3) is 0 Å². The maximum Gasteiger partial charge on any atom is 0.407 e. The van der Waals surface area contributed by atoms with Crippen LogP contribution in [0.3, 0.4) is 0 Å². The van der Waals surface area contributed by atoms with E-state index in [0.29, 0.717) is 13.1 Å². The van der Waals surface area contributed by atoms with Crippen molar-refractivity contribution < 1.29 is 19.4 Å². The van der Waals surface area contributed by atoms with Gasteiger partial charge in [-0.15, -0.1) is 0 Å². The standard InChI is InChI=1S/C16H25N3O4/c1-16(2,3)23-15(22)18-9-8-17-14(21)19-10-12-4-6-13(11-20)7-5-12/h4-7,20H,8-11H2,1-3H3,(H,18,22)(H2,17,19,21). The van der Waals surface area contributed by atoms with E-state index in [1.807, 2.05) is 12.1 Å². The molecule has 7 heteroatoms. The fourth-order valence-corrected chi connectivity index (χ4v) is 1.66. The largest absolute Gasteiger partial charge is 0.444 e. The molecule has 0 saturated heterocycles. The molecular weight excluding hydrogens is 298 g/mol. The van der Waals surface area contributed by atoms with Crippen molar-refractivity contribution in [1.29, 1.82) is 0 Å². The molecule has 0 bridgehead atoms. The van der Waals surface area contributed by atoms with Crippen molar-refractivity contribution in [3.63, 3.8) is 0 Å². The fourth-order valence-electron chi connectivity index (χ4n) is 1.66. The van der Waals surface area contributed by atoms with Crippen molar-refractivity contribution in [2.75, 3.05) is 13.1 Å². The smallest absolute Gasteiger partial charge is 0.407 e. The van der Waals surface area contributed by atoms with Gasteiger partial charge >= 0.3 is 12.1 Å². The summed E-state index contributed by atoms with van der Waals surface area (Å²) in [6.45, 7) is 6.32. The molecule has 1 rings (SSSR count). The van der Waals surface area contributed by atoms with Crippen LogP contribution >= 0.6 is 0 Å². The van der Waals surface area contributed by atoms with Gasteiger partial charge in [-0.05, 0) is 31.9 Å². The molecule has 23 heavy (non-hydrogen) atoms. The van der Waals surface area contributed by atoms with Gasteiger partial charge in [-0.1, -0.05) is 24.3 Å². The molecule has 0 atom stereocenters. The zero-order chi connectivity index (χ0) is 17.3. The van der Waals surface area contributed by atoms with Gasteiger partial charge in [-0.25, -0.2) is 9.59 Å². The van der Waals surface area contributed by atoms with Gasteiger partial charge in [0.2, 0.25) is 0 Å². The Morgan fingerprint density at radius 2 is 1.57 bits per heavy atom. The van der Waals surface area contributed by atoms with Gasteiger partial charge < -0.3 is 25.8 Å². The van der Waals surface area contributed by atoms with E-state index in [4.69, 9.17) is 9.84 Å². The summed E-state index contributed by atoms with van der Waals surface area (Å²) < 4.78 is 5.07. The van der Waals surface area contributed by atoms with Crippen LogP contribution in [0, 0.1) is 0 Å². The molecular formula is C16H25N3O4. The average Bonchev–Trinajstić information content (AvgIpc) is 2.48. The Balaban J connectivity index is 2.15. The molecule has 0 aromatic heterocycles. The second kappa shape index (κ2) is 8.99. The minimum absolute atomic E-state index is 0.00115. The summed E-state index contributed by atoms with van der Waals surface area (Å²) in [6.07, 6.45) is -0.510. The zero-order valence-electron chi connectivity index (χ0n) is 13.8. The first-order valence-electron chi connectivity index (χ1n) is 7.47. The average molecular weight is 323 g/mol. The van der Waals surface area contributed by atoms with Crippen LogP contribution in [0.4, 0.5) is 9.59 Å². The van der Waals surface area contributed by atoms with E-state index in [-0.39, 0.29) is 19.2 Å². The third-order valence-electron chi connectivity index (χ3n) is 2.74. The van der Waals surface area contributed by atoms with Crippen LogP contribution in [-0.4, -0.2) is 35.9 Å². The lowest BCUT2D eigenvalue weighted by atomic mass is 10.1. The highest BCUT2D eigenvalue weighted by molar-refractivity contribution is 5.74. The number of nitrogens with one attached hydrogen (secondary N) is 3. The summed E-state index contributed by atoms with van der Waals surface area (Å²) in [6, 6.07) is 6.98. The number of hydrogen-bond acceptors (Lipinski definition) is 4. The molecule has 7 nitrogen and oxygen atoms in total. The summed E-state index contributed by atoms with van der Waals surface area (Å²) in [5.74, 6) is 0. The van der Waals surface area contributed by atoms with Crippen molar-refractivity contribution >= 4 is 12.1 Å². The molecule has 3 amide bonds. The van der Waals surface area contributed by atoms with Crippen LogP contribution in [-0.2, 0) is 17.9 Å². The van der Waals surface area contributed by atoms with Gasteiger partial charge in [-0.2, -0.15) is 0 Å². The first-order chi connectivity index (χ1) is 10.8. The summed E-state index contributed by atoms with van der Waals surface area (Å²) in [7, 11) is 0. The van der Waals surface area contributed by atoms with Gasteiger partial charge in [0, 0.05) is 19.6 Å². The minimum Gasteiger partial charge on any atom is -0.444 e. The summed E-state index contributed by atoms with van der Waals surface area (Å²) in [5.41, 5.74) is 1.22. The number of amides is 3. The third-order valence-corrected chi connectivity index (χ3v) is 2.74. The molecule has 0 heterocycles. The number of urea groups is 1.